The maximum Gasteiger partial charge on any atom is 0.273 e. The molecule has 0 aliphatic heterocycles. The van der Waals surface area contributed by atoms with E-state index in [-0.39, 0.29) is 22.2 Å². The predicted molar refractivity (Wildman–Crippen MR) is 121 cm³/mol. The highest BCUT2D eigenvalue weighted by atomic mass is 32.2. The molecule has 0 saturated heterocycles. The van der Waals surface area contributed by atoms with Crippen molar-refractivity contribution in [1.29, 1.82) is 0 Å². The lowest BCUT2D eigenvalue weighted by molar-refractivity contribution is -0.385. The van der Waals surface area contributed by atoms with Crippen molar-refractivity contribution in [2.45, 2.75) is 16.7 Å². The lowest BCUT2D eigenvalue weighted by atomic mass is 10.2. The number of sulfonamides is 1. The van der Waals surface area contributed by atoms with Crippen LogP contribution in [-0.2, 0) is 10.0 Å². The molecule has 3 aromatic rings. The fourth-order valence-electron chi connectivity index (χ4n) is 2.76. The maximum atomic E-state index is 12.6. The largest absolute Gasteiger partial charge is 0.322 e. The Morgan fingerprint density at radius 2 is 1.71 bits per heavy atom. The highest BCUT2D eigenvalue weighted by Crippen LogP contribution is 2.24. The highest BCUT2D eigenvalue weighted by Gasteiger charge is 2.20. The first-order valence-electron chi connectivity index (χ1n) is 9.03. The zero-order valence-corrected chi connectivity index (χ0v) is 18.3. The molecular formula is C21H19N3O5S2. The minimum absolute atomic E-state index is 0.222. The summed E-state index contributed by atoms with van der Waals surface area (Å²) in [6, 6.07) is 17.0. The average molecular weight is 458 g/mol. The number of carbonyl (C=O) groups excluding carboxylic acids is 1. The molecule has 2 N–H and O–H groups in total. The average Bonchev–Trinajstić information content (AvgIpc) is 2.74. The van der Waals surface area contributed by atoms with E-state index in [4.69, 9.17) is 0 Å². The van der Waals surface area contributed by atoms with Crippen molar-refractivity contribution in [2.24, 2.45) is 0 Å². The van der Waals surface area contributed by atoms with Crippen LogP contribution in [-0.4, -0.2) is 25.5 Å². The van der Waals surface area contributed by atoms with Crippen LogP contribution in [0.2, 0.25) is 0 Å². The molecule has 1 amide bonds. The summed E-state index contributed by atoms with van der Waals surface area (Å²) in [4.78, 5) is 23.7. The van der Waals surface area contributed by atoms with Crippen LogP contribution in [0.15, 0.2) is 76.5 Å². The van der Waals surface area contributed by atoms with Gasteiger partial charge < -0.3 is 5.32 Å². The number of nitrogens with zero attached hydrogens (tertiary/aromatic N) is 1. The SMILES string of the molecule is CSc1cccc(NC(=O)c2ccc(NS(=O)(=O)c3ccc(C)c([N+](=O)[O-])c3)cc2)c1. The van der Waals surface area contributed by atoms with Gasteiger partial charge in [-0.15, -0.1) is 11.8 Å². The van der Waals surface area contributed by atoms with Gasteiger partial charge in [0, 0.05) is 33.5 Å². The van der Waals surface area contributed by atoms with Crippen molar-refractivity contribution in [3.8, 4) is 0 Å². The van der Waals surface area contributed by atoms with Gasteiger partial charge in [0.05, 0.1) is 9.82 Å². The Morgan fingerprint density at radius 3 is 2.35 bits per heavy atom. The molecule has 0 aliphatic carbocycles. The van der Waals surface area contributed by atoms with Gasteiger partial charge in [0.15, 0.2) is 0 Å². The van der Waals surface area contributed by atoms with Crippen LogP contribution in [0.1, 0.15) is 15.9 Å². The van der Waals surface area contributed by atoms with Gasteiger partial charge in [-0.1, -0.05) is 12.1 Å². The van der Waals surface area contributed by atoms with E-state index >= 15 is 0 Å². The second-order valence-corrected chi connectivity index (χ2v) is 9.14. The Morgan fingerprint density at radius 1 is 1.00 bits per heavy atom. The first-order valence-corrected chi connectivity index (χ1v) is 11.7. The van der Waals surface area contributed by atoms with Gasteiger partial charge in [0.1, 0.15) is 0 Å². The molecule has 31 heavy (non-hydrogen) atoms. The Bertz CT molecular complexity index is 1240. The van der Waals surface area contributed by atoms with Gasteiger partial charge in [-0.05, 0) is 61.7 Å². The molecule has 0 atom stereocenters. The van der Waals surface area contributed by atoms with Gasteiger partial charge in [0.2, 0.25) is 0 Å². The van der Waals surface area contributed by atoms with Gasteiger partial charge in [-0.3, -0.25) is 19.6 Å². The maximum absolute atomic E-state index is 12.6. The van der Waals surface area contributed by atoms with Gasteiger partial charge in [0.25, 0.3) is 21.6 Å². The molecule has 0 saturated carbocycles. The van der Waals surface area contributed by atoms with E-state index in [1.807, 2.05) is 24.5 Å². The third-order valence-electron chi connectivity index (χ3n) is 4.41. The first-order chi connectivity index (χ1) is 14.7. The van der Waals surface area contributed by atoms with E-state index in [1.165, 1.54) is 43.3 Å². The smallest absolute Gasteiger partial charge is 0.273 e. The summed E-state index contributed by atoms with van der Waals surface area (Å²) in [5.74, 6) is -0.332. The summed E-state index contributed by atoms with van der Waals surface area (Å²) in [6.07, 6.45) is 1.94. The van der Waals surface area contributed by atoms with E-state index in [1.54, 1.807) is 17.8 Å². The molecule has 3 aromatic carbocycles. The van der Waals surface area contributed by atoms with Crippen LogP contribution in [0.25, 0.3) is 0 Å². The molecule has 10 heteroatoms. The number of rotatable bonds is 7. The van der Waals surface area contributed by atoms with Gasteiger partial charge >= 0.3 is 0 Å². The van der Waals surface area contributed by atoms with E-state index in [2.05, 4.69) is 10.0 Å². The van der Waals surface area contributed by atoms with Gasteiger partial charge in [-0.2, -0.15) is 0 Å². The minimum Gasteiger partial charge on any atom is -0.322 e. The molecular weight excluding hydrogens is 438 g/mol. The van der Waals surface area contributed by atoms with Crippen molar-refractivity contribution < 1.29 is 18.1 Å². The third kappa shape index (κ3) is 5.41. The number of anilines is 2. The number of amides is 1. The lowest BCUT2D eigenvalue weighted by Gasteiger charge is -2.10. The Labute approximate surface area is 183 Å². The normalized spacial score (nSPS) is 11.0. The molecule has 0 heterocycles. The molecule has 8 nitrogen and oxygen atoms in total. The second kappa shape index (κ2) is 9.19. The summed E-state index contributed by atoms with van der Waals surface area (Å²) in [5, 5.41) is 13.9. The van der Waals surface area contributed by atoms with Gasteiger partial charge in [-0.25, -0.2) is 8.42 Å². The van der Waals surface area contributed by atoms with Crippen LogP contribution in [0.3, 0.4) is 0 Å². The quantitative estimate of drug-likeness (QED) is 0.302. The Balaban J connectivity index is 1.74. The van der Waals surface area contributed by atoms with Crippen LogP contribution >= 0.6 is 11.8 Å². The van der Waals surface area contributed by atoms with Crippen molar-refractivity contribution in [1.82, 2.24) is 0 Å². The molecule has 0 fully saturated rings. The summed E-state index contributed by atoms with van der Waals surface area (Å²) >= 11 is 1.56. The Hall–Kier alpha value is -3.37. The number of hydrogen-bond acceptors (Lipinski definition) is 6. The zero-order valence-electron chi connectivity index (χ0n) is 16.7. The monoisotopic (exact) mass is 457 g/mol. The van der Waals surface area contributed by atoms with E-state index < -0.39 is 14.9 Å². The highest BCUT2D eigenvalue weighted by molar-refractivity contribution is 7.98. The van der Waals surface area contributed by atoms with E-state index in [0.717, 1.165) is 11.0 Å². The second-order valence-electron chi connectivity index (χ2n) is 6.57. The van der Waals surface area contributed by atoms with Crippen LogP contribution in [0.5, 0.6) is 0 Å². The van der Waals surface area contributed by atoms with E-state index in [0.29, 0.717) is 16.8 Å². The zero-order chi connectivity index (χ0) is 22.6. The van der Waals surface area contributed by atoms with Crippen LogP contribution < -0.4 is 10.0 Å². The summed E-state index contributed by atoms with van der Waals surface area (Å²) in [6.45, 7) is 1.53. The molecule has 0 aliphatic rings. The molecule has 160 valence electrons. The number of hydrogen-bond donors (Lipinski definition) is 2. The van der Waals surface area contributed by atoms with Crippen molar-refractivity contribution in [3.63, 3.8) is 0 Å². The number of thioether (sulfide) groups is 1. The minimum atomic E-state index is -4.03. The summed E-state index contributed by atoms with van der Waals surface area (Å²) in [7, 11) is -4.03. The Kier molecular flexibility index (Phi) is 6.62. The van der Waals surface area contributed by atoms with E-state index in [9.17, 15) is 23.3 Å². The fraction of sp³-hybridized carbons (Fsp3) is 0.0952. The molecule has 0 bridgehead atoms. The standard InChI is InChI=1S/C21H19N3O5S2/c1-14-6-11-19(13-20(14)24(26)27)31(28,29)23-16-9-7-15(8-10-16)21(25)22-17-4-3-5-18(12-17)30-2/h3-13,23H,1-2H3,(H,22,25). The third-order valence-corrected chi connectivity index (χ3v) is 6.52. The van der Waals surface area contributed by atoms with Crippen LogP contribution in [0.4, 0.5) is 17.1 Å². The topological polar surface area (TPSA) is 118 Å². The molecule has 3 rings (SSSR count). The molecule has 0 aromatic heterocycles. The van der Waals surface area contributed by atoms with Crippen molar-refractivity contribution in [3.05, 3.63) is 88.0 Å². The number of carbonyl (C=O) groups is 1. The number of nitro groups is 1. The molecule has 0 radical (unpaired) electrons. The number of aryl methyl sites for hydroxylation is 1. The molecule has 0 spiro atoms. The van der Waals surface area contributed by atoms with Crippen molar-refractivity contribution in [2.75, 3.05) is 16.3 Å². The predicted octanol–water partition coefficient (Wildman–Crippen LogP) is 4.68. The number of nitro benzene ring substituents is 1. The van der Waals surface area contributed by atoms with Crippen LogP contribution in [0, 0.1) is 17.0 Å². The molecule has 0 unspecified atom stereocenters. The summed E-state index contributed by atoms with van der Waals surface area (Å²) in [5.41, 5.74) is 1.32. The van der Waals surface area contributed by atoms with Crippen molar-refractivity contribution >= 4 is 44.8 Å². The summed E-state index contributed by atoms with van der Waals surface area (Å²) < 4.78 is 27.6. The first kappa shape index (κ1) is 22.3. The fourth-order valence-corrected chi connectivity index (χ4v) is 4.30. The number of nitrogens with one attached hydrogen (secondary N) is 2. The number of benzene rings is 3. The lowest BCUT2D eigenvalue weighted by Crippen LogP contribution is -2.14.